The topological polar surface area (TPSA) is 321 Å². The van der Waals surface area contributed by atoms with Crippen LogP contribution in [-0.4, -0.2) is 114 Å². The van der Waals surface area contributed by atoms with Gasteiger partial charge in [0.1, 0.15) is 21.9 Å². The molecule has 4 aromatic carbocycles. The van der Waals surface area contributed by atoms with E-state index in [0.717, 1.165) is 71.5 Å². The van der Waals surface area contributed by atoms with Crippen LogP contribution in [0.1, 0.15) is 86.3 Å². The van der Waals surface area contributed by atoms with E-state index in [2.05, 4.69) is 87.8 Å². The first-order valence-electron chi connectivity index (χ1n) is 27.3. The molecule has 1 unspecified atom stereocenters. The number of carboxylic acids is 1. The van der Waals surface area contributed by atoms with E-state index in [0.29, 0.717) is 50.2 Å². The Balaban J connectivity index is 0.000000167. The average Bonchev–Trinajstić information content (AvgIpc) is 1.85. The molecule has 0 aliphatic carbocycles. The maximum atomic E-state index is 12.8. The molecule has 11 aromatic rings. The summed E-state index contributed by atoms with van der Waals surface area (Å²) >= 11 is 13.8. The number of ether oxygens (including phenoxy) is 3. The van der Waals surface area contributed by atoms with E-state index in [-0.39, 0.29) is 22.7 Å². The number of benzene rings is 4. The SMILES string of the molecule is CC(=O)c1cc2ccc(Br)cc2[nH]1.CC(C)(C)OC(=O)n1ncc2cc(Nc3ccnc(Cl)n3)ccc21.Cc1nc(Nc2ccc3c(cnn3C(=O)OC(C)(C)C)c2)ncc1C(F)(F)F.NC1CCOC1.Nc1ccnnc1.O=C(O)c1cc2ccc(Br)cc2s1. The van der Waals surface area contributed by atoms with Gasteiger partial charge < -0.3 is 46.4 Å². The zero-order valence-corrected chi connectivity index (χ0v) is 54.8. The number of nitrogens with two attached hydrogens (primary N) is 2. The minimum atomic E-state index is -4.50. The average molecular weight is 1420 g/mol. The Labute approximate surface area is 544 Å². The summed E-state index contributed by atoms with van der Waals surface area (Å²) in [5, 5.41) is 33.5. The van der Waals surface area contributed by atoms with E-state index in [1.165, 1.54) is 35.3 Å². The second-order valence-electron chi connectivity index (χ2n) is 21.6. The second-order valence-corrected chi connectivity index (χ2v) is 24.9. The summed E-state index contributed by atoms with van der Waals surface area (Å²) < 4.78 is 59.4. The number of nitrogens with one attached hydrogen (secondary N) is 3. The van der Waals surface area contributed by atoms with Crippen LogP contribution in [0.15, 0.2) is 143 Å². The van der Waals surface area contributed by atoms with Crippen molar-refractivity contribution in [2.24, 2.45) is 5.73 Å². The number of hydrogen-bond acceptors (Lipinski definition) is 20. The quantitative estimate of drug-likeness (QED) is 0.0665. The minimum absolute atomic E-state index is 0.0318. The number of alkyl halides is 3. The number of carboxylic acid groups (broad SMARTS) is 1. The normalized spacial score (nSPS) is 12.8. The lowest BCUT2D eigenvalue weighted by atomic mass is 10.2. The summed E-state index contributed by atoms with van der Waals surface area (Å²) in [6.45, 7) is 15.1. The highest BCUT2D eigenvalue weighted by Gasteiger charge is 2.34. The zero-order valence-electron chi connectivity index (χ0n) is 50.0. The van der Waals surface area contributed by atoms with Crippen LogP contribution in [0.4, 0.5) is 51.6 Å². The smallest absolute Gasteiger partial charge is 0.435 e. The van der Waals surface area contributed by atoms with Crippen LogP contribution in [0.5, 0.6) is 0 Å². The number of nitrogens with zero attached hydrogens (tertiary/aromatic N) is 10. The molecule has 0 bridgehead atoms. The van der Waals surface area contributed by atoms with Gasteiger partial charge in [-0.2, -0.15) is 42.9 Å². The summed E-state index contributed by atoms with van der Waals surface area (Å²) in [4.78, 5) is 65.0. The fraction of sp³-hybridized carbons (Fsp3) is 0.246. The molecule has 91 heavy (non-hydrogen) atoms. The minimum Gasteiger partial charge on any atom is -0.477 e. The van der Waals surface area contributed by atoms with Gasteiger partial charge in [0.25, 0.3) is 0 Å². The monoisotopic (exact) mass is 1410 g/mol. The van der Waals surface area contributed by atoms with Crippen molar-refractivity contribution in [3.8, 4) is 0 Å². The van der Waals surface area contributed by atoms with Gasteiger partial charge in [0.2, 0.25) is 11.2 Å². The summed E-state index contributed by atoms with van der Waals surface area (Å²) in [5.41, 5.74) is 13.2. The van der Waals surface area contributed by atoms with Gasteiger partial charge in [0, 0.05) is 78.7 Å². The van der Waals surface area contributed by atoms with Crippen LogP contribution in [0, 0.1) is 6.92 Å². The summed E-state index contributed by atoms with van der Waals surface area (Å²) in [7, 11) is 0. The molecule has 0 saturated carbocycles. The number of aromatic nitrogens is 11. The first kappa shape index (κ1) is 69.5. The Bertz CT molecular complexity index is 4250. The molecule has 1 atom stereocenters. The third-order valence-corrected chi connectivity index (χ3v) is 14.2. The molecule has 12 rings (SSSR count). The number of Topliss-reactive ketones (excluding diaryl/α,β-unsaturated/α-hetero) is 1. The number of hydrogen-bond donors (Lipinski definition) is 6. The number of ketones is 1. The molecule has 23 nitrogen and oxygen atoms in total. The number of carbonyl (C=O) groups is 4. The van der Waals surface area contributed by atoms with Gasteiger partial charge in [0.05, 0.1) is 65.1 Å². The maximum Gasteiger partial charge on any atom is 0.435 e. The highest BCUT2D eigenvalue weighted by molar-refractivity contribution is 9.10. The predicted molar refractivity (Wildman–Crippen MR) is 350 cm³/mol. The number of aryl methyl sites for hydroxylation is 1. The molecule has 8 N–H and O–H groups in total. The van der Waals surface area contributed by atoms with E-state index >= 15 is 0 Å². The number of thiophene rings is 1. The summed E-state index contributed by atoms with van der Waals surface area (Å²) in [6, 6.07) is 29.3. The van der Waals surface area contributed by atoms with Gasteiger partial charge >= 0.3 is 24.3 Å². The van der Waals surface area contributed by atoms with Crippen LogP contribution >= 0.6 is 54.8 Å². The van der Waals surface area contributed by atoms with Gasteiger partial charge in [0.15, 0.2) is 5.78 Å². The van der Waals surface area contributed by atoms with Crippen molar-refractivity contribution in [1.29, 1.82) is 0 Å². The Morgan fingerprint density at radius 3 is 1.82 bits per heavy atom. The van der Waals surface area contributed by atoms with E-state index in [9.17, 15) is 32.3 Å². The van der Waals surface area contributed by atoms with Crippen molar-refractivity contribution in [2.45, 2.75) is 85.2 Å². The Hall–Kier alpha value is -9.00. The number of anilines is 5. The lowest BCUT2D eigenvalue weighted by molar-refractivity contribution is -0.138. The fourth-order valence-electron chi connectivity index (χ4n) is 7.86. The molecule has 0 radical (unpaired) electrons. The van der Waals surface area contributed by atoms with Crippen molar-refractivity contribution in [3.63, 3.8) is 0 Å². The number of aromatic amines is 1. The van der Waals surface area contributed by atoms with Crippen LogP contribution < -0.4 is 22.1 Å². The number of halogens is 6. The van der Waals surface area contributed by atoms with Gasteiger partial charge in [-0.05, 0) is 157 Å². The Kier molecular flexibility index (Phi) is 23.4. The number of rotatable bonds is 6. The number of fused-ring (bicyclic) bond motifs is 4. The highest BCUT2D eigenvalue weighted by atomic mass is 79.9. The van der Waals surface area contributed by atoms with Gasteiger partial charge in [-0.15, -0.1) is 11.3 Å². The van der Waals surface area contributed by atoms with Crippen LogP contribution in [-0.2, 0) is 20.4 Å². The summed E-state index contributed by atoms with van der Waals surface area (Å²) in [6.07, 6.45) is 3.87. The molecule has 7 aromatic heterocycles. The number of H-pyrrole nitrogens is 1. The largest absolute Gasteiger partial charge is 0.477 e. The number of carbonyl (C=O) groups excluding carboxylic acids is 3. The lowest BCUT2D eigenvalue weighted by Crippen LogP contribution is -2.27. The summed E-state index contributed by atoms with van der Waals surface area (Å²) in [5.74, 6) is -0.192. The van der Waals surface area contributed by atoms with Crippen molar-refractivity contribution in [2.75, 3.05) is 29.6 Å². The molecule has 1 fully saturated rings. The van der Waals surface area contributed by atoms with Crippen LogP contribution in [0.3, 0.4) is 0 Å². The molecular weight excluding hydrogens is 1360 g/mol. The van der Waals surface area contributed by atoms with Gasteiger partial charge in [-0.1, -0.05) is 44.0 Å². The first-order chi connectivity index (χ1) is 42.9. The maximum absolute atomic E-state index is 12.8. The predicted octanol–water partition coefficient (Wildman–Crippen LogP) is 15.0. The molecule has 1 aliphatic rings. The Morgan fingerprint density at radius 1 is 0.736 bits per heavy atom. The van der Waals surface area contributed by atoms with Crippen molar-refractivity contribution < 1.29 is 51.7 Å². The second kappa shape index (κ2) is 30.7. The molecular formula is C61H61Br2ClF3N15O8S. The van der Waals surface area contributed by atoms with Crippen molar-refractivity contribution in [1.82, 2.24) is 54.7 Å². The van der Waals surface area contributed by atoms with Crippen LogP contribution in [0.25, 0.3) is 42.8 Å². The molecule has 8 heterocycles. The number of nitrogen functional groups attached to an aromatic ring is 1. The van der Waals surface area contributed by atoms with Crippen molar-refractivity contribution in [3.05, 3.63) is 170 Å². The van der Waals surface area contributed by atoms with Gasteiger partial charge in [-0.3, -0.25) is 4.79 Å². The first-order valence-corrected chi connectivity index (χ1v) is 30.1. The van der Waals surface area contributed by atoms with Gasteiger partial charge in [-0.25, -0.2) is 34.3 Å². The third kappa shape index (κ3) is 21.0. The molecule has 476 valence electrons. The standard InChI is InChI=1S/C18H18F3N5O2.C16H16ClN5O2.C10H8BrNO.C9H5BrO2S.C4H5N3.C4H9NO/c1-10-13(18(19,20)21)9-22-15(24-10)25-12-5-6-14-11(7-12)8-23-26(14)16(27)28-17(2,3)4;1-16(2,3)24-15(23)22-12-5-4-11(8-10(12)9-19-22)20-13-6-7-18-14(17)21-13;1-6(13)9-4-7-2-3-8(11)5-10(7)12-9;10-6-2-1-5-3-8(9(11)12)13-7(5)4-6;5-4-1-2-6-7-3-4;5-4-1-2-6-3-4/h5-9H,1-4H3,(H,22,24,25);4-9H,1-3H3,(H,18,20,21);2-5,12H,1H3;1-4H,(H,11,12);1-3H,(H2,5,6);4H,1-3,5H2. The lowest BCUT2D eigenvalue weighted by Gasteiger charge is -2.19. The Morgan fingerprint density at radius 2 is 1.34 bits per heavy atom. The van der Waals surface area contributed by atoms with E-state index in [4.69, 9.17) is 42.4 Å². The third-order valence-electron chi connectivity index (χ3n) is 11.9. The molecule has 30 heteroatoms. The molecule has 0 spiro atoms. The fourth-order valence-corrected chi connectivity index (χ4v) is 9.82. The molecule has 1 saturated heterocycles. The zero-order chi connectivity index (χ0) is 66.4. The molecule has 1 aliphatic heterocycles. The van der Waals surface area contributed by atoms with Crippen LogP contribution in [0.2, 0.25) is 5.28 Å². The van der Waals surface area contributed by atoms with E-state index < -0.39 is 41.1 Å². The number of aromatic carboxylic acids is 1. The van der Waals surface area contributed by atoms with Crippen molar-refractivity contribution >= 4 is 150 Å². The van der Waals surface area contributed by atoms with E-state index in [1.54, 1.807) is 88.8 Å². The molecule has 0 amide bonds. The van der Waals surface area contributed by atoms with E-state index in [1.807, 2.05) is 75.4 Å². The highest BCUT2D eigenvalue weighted by Crippen LogP contribution is 2.32.